The van der Waals surface area contributed by atoms with Gasteiger partial charge in [-0.2, -0.15) is 0 Å². The van der Waals surface area contributed by atoms with Gasteiger partial charge in [0.25, 0.3) is 0 Å². The lowest BCUT2D eigenvalue weighted by atomic mass is 9.95. The van der Waals surface area contributed by atoms with E-state index in [1.54, 1.807) is 6.26 Å². The molecule has 0 spiro atoms. The standard InChI is InChI=1S/C47H89NO5/c1-5-9-13-17-19-25-34-44(32-23-15-11-7-3)42-52-46(50)36-27-21-29-38-48(40-31-41-49)39-30-22-28-37-47(51)53-43-45(33-24-16-12-8-4)35-26-20-18-14-10-6-2/h5,43-44,49H,1,6-42H2,2-4H3/b45-43+. The summed E-state index contributed by atoms with van der Waals surface area (Å²) < 4.78 is 11.4. The summed E-state index contributed by atoms with van der Waals surface area (Å²) in [4.78, 5) is 27.6. The third-order valence-corrected chi connectivity index (χ3v) is 10.6. The summed E-state index contributed by atoms with van der Waals surface area (Å²) >= 11 is 0. The molecule has 6 heteroatoms. The normalized spacial score (nSPS) is 12.4. The molecule has 0 aliphatic rings. The molecule has 0 aromatic heterocycles. The highest BCUT2D eigenvalue weighted by molar-refractivity contribution is 5.70. The second-order valence-corrected chi connectivity index (χ2v) is 15.8. The molecule has 0 amide bonds. The topological polar surface area (TPSA) is 76.1 Å². The van der Waals surface area contributed by atoms with Crippen LogP contribution in [0.25, 0.3) is 0 Å². The lowest BCUT2D eigenvalue weighted by Crippen LogP contribution is -2.28. The Bertz CT molecular complexity index is 843. The molecule has 0 radical (unpaired) electrons. The molecule has 0 aromatic rings. The predicted octanol–water partition coefficient (Wildman–Crippen LogP) is 13.6. The van der Waals surface area contributed by atoms with Gasteiger partial charge in [-0.3, -0.25) is 9.59 Å². The maximum Gasteiger partial charge on any atom is 0.310 e. The van der Waals surface area contributed by atoms with E-state index in [-0.39, 0.29) is 18.5 Å². The van der Waals surface area contributed by atoms with E-state index in [4.69, 9.17) is 9.47 Å². The van der Waals surface area contributed by atoms with Crippen molar-refractivity contribution in [3.8, 4) is 0 Å². The van der Waals surface area contributed by atoms with Crippen molar-refractivity contribution in [1.29, 1.82) is 0 Å². The monoisotopic (exact) mass is 748 g/mol. The Morgan fingerprint density at radius 1 is 0.566 bits per heavy atom. The molecule has 0 saturated carbocycles. The number of ether oxygens (including phenoxy) is 2. The van der Waals surface area contributed by atoms with E-state index in [9.17, 15) is 14.7 Å². The zero-order valence-electron chi connectivity index (χ0n) is 35.6. The molecule has 1 atom stereocenters. The van der Waals surface area contributed by atoms with Gasteiger partial charge >= 0.3 is 11.9 Å². The first kappa shape index (κ1) is 51.3. The van der Waals surface area contributed by atoms with Gasteiger partial charge in [0, 0.05) is 26.0 Å². The zero-order chi connectivity index (χ0) is 38.9. The number of rotatable bonds is 42. The molecule has 53 heavy (non-hydrogen) atoms. The van der Waals surface area contributed by atoms with Crippen molar-refractivity contribution in [3.63, 3.8) is 0 Å². The summed E-state index contributed by atoms with van der Waals surface area (Å²) in [6.45, 7) is 14.2. The van der Waals surface area contributed by atoms with E-state index in [0.29, 0.717) is 25.4 Å². The maximum atomic E-state index is 12.6. The molecular weight excluding hydrogens is 659 g/mol. The van der Waals surface area contributed by atoms with Gasteiger partial charge in [0.2, 0.25) is 0 Å². The molecule has 1 unspecified atom stereocenters. The number of esters is 2. The van der Waals surface area contributed by atoms with Crippen molar-refractivity contribution in [2.45, 2.75) is 226 Å². The molecule has 0 saturated heterocycles. The van der Waals surface area contributed by atoms with Gasteiger partial charge in [0.15, 0.2) is 0 Å². The van der Waals surface area contributed by atoms with Crippen molar-refractivity contribution in [1.82, 2.24) is 4.90 Å². The summed E-state index contributed by atoms with van der Waals surface area (Å²) in [5, 5.41) is 9.42. The first-order valence-electron chi connectivity index (χ1n) is 23.0. The number of carbonyl (C=O) groups excluding carboxylic acids is 2. The lowest BCUT2D eigenvalue weighted by molar-refractivity contribution is -0.145. The number of carbonyl (C=O) groups is 2. The smallest absolute Gasteiger partial charge is 0.310 e. The van der Waals surface area contributed by atoms with Crippen molar-refractivity contribution >= 4 is 11.9 Å². The number of unbranched alkanes of at least 4 members (excludes halogenated alkanes) is 19. The number of allylic oxidation sites excluding steroid dienone is 2. The van der Waals surface area contributed by atoms with Crippen LogP contribution >= 0.6 is 0 Å². The minimum atomic E-state index is -0.105. The van der Waals surface area contributed by atoms with Crippen LogP contribution in [0.1, 0.15) is 226 Å². The van der Waals surface area contributed by atoms with Crippen molar-refractivity contribution in [2.75, 3.05) is 32.8 Å². The highest BCUT2D eigenvalue weighted by Crippen LogP contribution is 2.21. The number of hydrogen-bond acceptors (Lipinski definition) is 6. The number of aliphatic hydroxyl groups is 1. The first-order valence-corrected chi connectivity index (χ1v) is 23.0. The van der Waals surface area contributed by atoms with E-state index in [1.807, 2.05) is 6.08 Å². The number of aliphatic hydroxyl groups excluding tert-OH is 1. The molecule has 0 fully saturated rings. The first-order chi connectivity index (χ1) is 26.0. The second-order valence-electron chi connectivity index (χ2n) is 15.8. The molecule has 6 nitrogen and oxygen atoms in total. The van der Waals surface area contributed by atoms with Crippen LogP contribution in [0.5, 0.6) is 0 Å². The summed E-state index contributed by atoms with van der Waals surface area (Å²) in [5.74, 6) is 0.351. The van der Waals surface area contributed by atoms with Gasteiger partial charge < -0.3 is 19.5 Å². The minimum Gasteiger partial charge on any atom is -0.465 e. The molecule has 0 aliphatic carbocycles. The molecule has 0 rings (SSSR count). The van der Waals surface area contributed by atoms with E-state index >= 15 is 0 Å². The van der Waals surface area contributed by atoms with Crippen LogP contribution < -0.4 is 0 Å². The molecule has 0 bridgehead atoms. The fraction of sp³-hybridized carbons (Fsp3) is 0.872. The van der Waals surface area contributed by atoms with E-state index in [2.05, 4.69) is 32.3 Å². The lowest BCUT2D eigenvalue weighted by Gasteiger charge is -2.22. The Hall–Kier alpha value is -1.66. The van der Waals surface area contributed by atoms with Gasteiger partial charge in [-0.15, -0.1) is 6.58 Å². The van der Waals surface area contributed by atoms with Crippen LogP contribution in [0.15, 0.2) is 24.5 Å². The second kappa shape index (κ2) is 41.5. The molecule has 0 heterocycles. The summed E-state index contributed by atoms with van der Waals surface area (Å²) in [7, 11) is 0. The van der Waals surface area contributed by atoms with Crippen LogP contribution in [-0.4, -0.2) is 54.8 Å². The van der Waals surface area contributed by atoms with Gasteiger partial charge in [-0.05, 0) is 108 Å². The van der Waals surface area contributed by atoms with Crippen molar-refractivity contribution in [2.24, 2.45) is 5.92 Å². The average molecular weight is 748 g/mol. The van der Waals surface area contributed by atoms with Crippen molar-refractivity contribution < 1.29 is 24.2 Å². The van der Waals surface area contributed by atoms with Gasteiger partial charge in [0.05, 0.1) is 12.9 Å². The van der Waals surface area contributed by atoms with E-state index < -0.39 is 0 Å². The largest absolute Gasteiger partial charge is 0.465 e. The van der Waals surface area contributed by atoms with Crippen LogP contribution in [0.2, 0.25) is 0 Å². The molecule has 0 aliphatic heterocycles. The van der Waals surface area contributed by atoms with Crippen LogP contribution in [-0.2, 0) is 19.1 Å². The summed E-state index contributed by atoms with van der Waals surface area (Å²) in [6.07, 6.45) is 39.6. The SMILES string of the molecule is C=CCCCCCCC(CCCCCC)COC(=O)CCCCCN(CCCO)CCCCCC(=O)O/C=C(\CCCCCC)CCCCCCCC. The van der Waals surface area contributed by atoms with Gasteiger partial charge in [-0.1, -0.05) is 136 Å². The molecule has 0 aromatic carbocycles. The Morgan fingerprint density at radius 2 is 1.02 bits per heavy atom. The highest BCUT2D eigenvalue weighted by atomic mass is 16.5. The Balaban J connectivity index is 4.39. The molecular formula is C47H89NO5. The van der Waals surface area contributed by atoms with Crippen LogP contribution in [0, 0.1) is 5.92 Å². The molecule has 1 N–H and O–H groups in total. The Labute approximate surface area is 329 Å². The quantitative estimate of drug-likeness (QED) is 0.0290. The fourth-order valence-corrected chi connectivity index (χ4v) is 7.08. The van der Waals surface area contributed by atoms with E-state index in [0.717, 1.165) is 90.3 Å². The minimum absolute atomic E-state index is 0.0401. The Kier molecular flexibility index (Phi) is 40.2. The average Bonchev–Trinajstić information content (AvgIpc) is 3.16. The summed E-state index contributed by atoms with van der Waals surface area (Å²) in [5.41, 5.74) is 1.31. The molecule has 312 valence electrons. The zero-order valence-corrected chi connectivity index (χ0v) is 35.6. The third kappa shape index (κ3) is 37.1. The fourth-order valence-electron chi connectivity index (χ4n) is 7.08. The summed E-state index contributed by atoms with van der Waals surface area (Å²) in [6, 6.07) is 0. The maximum absolute atomic E-state index is 12.6. The highest BCUT2D eigenvalue weighted by Gasteiger charge is 2.13. The Morgan fingerprint density at radius 3 is 1.60 bits per heavy atom. The van der Waals surface area contributed by atoms with Crippen LogP contribution in [0.3, 0.4) is 0 Å². The number of nitrogens with zero attached hydrogens (tertiary/aromatic N) is 1. The number of hydrogen-bond donors (Lipinski definition) is 1. The van der Waals surface area contributed by atoms with Crippen LogP contribution in [0.4, 0.5) is 0 Å². The van der Waals surface area contributed by atoms with Crippen molar-refractivity contribution in [3.05, 3.63) is 24.5 Å². The van der Waals surface area contributed by atoms with Gasteiger partial charge in [0.1, 0.15) is 0 Å². The predicted molar refractivity (Wildman–Crippen MR) is 227 cm³/mol. The third-order valence-electron chi connectivity index (χ3n) is 10.6. The van der Waals surface area contributed by atoms with Gasteiger partial charge in [-0.25, -0.2) is 0 Å². The van der Waals surface area contributed by atoms with E-state index in [1.165, 1.54) is 128 Å².